The molecule has 126 valence electrons. The molecule has 1 N–H and O–H groups in total. The molecule has 24 heavy (non-hydrogen) atoms. The molecule has 7 nitrogen and oxygen atoms in total. The van der Waals surface area contributed by atoms with Crippen molar-refractivity contribution in [3.05, 3.63) is 40.3 Å². The lowest BCUT2D eigenvalue weighted by Gasteiger charge is -2.25. The van der Waals surface area contributed by atoms with E-state index in [4.69, 9.17) is 14.2 Å². The van der Waals surface area contributed by atoms with Crippen LogP contribution in [0.4, 0.5) is 0 Å². The van der Waals surface area contributed by atoms with Gasteiger partial charge in [0.05, 0.1) is 13.2 Å². The predicted octanol–water partition coefficient (Wildman–Crippen LogP) is 1.78. The highest BCUT2D eigenvalue weighted by molar-refractivity contribution is 7.09. The number of carbonyl (C=O) groups excluding carboxylic acids is 2. The largest absolute Gasteiger partial charge is 0.485 e. The van der Waals surface area contributed by atoms with E-state index in [0.717, 1.165) is 0 Å². The smallest absolute Gasteiger partial charge is 0.357 e. The predicted molar refractivity (Wildman–Crippen MR) is 86.3 cm³/mol. The highest BCUT2D eigenvalue weighted by atomic mass is 32.1. The number of nitrogens with zero attached hydrogens (tertiary/aromatic N) is 1. The zero-order valence-corrected chi connectivity index (χ0v) is 13.8. The molecular weight excluding hydrogens is 332 g/mol. The number of ether oxygens (including phenoxy) is 3. The van der Waals surface area contributed by atoms with Crippen LogP contribution in [0.5, 0.6) is 11.5 Å². The number of amides is 1. The first-order chi connectivity index (χ1) is 11.7. The second kappa shape index (κ2) is 7.31. The molecule has 0 bridgehead atoms. The third kappa shape index (κ3) is 3.65. The quantitative estimate of drug-likeness (QED) is 0.829. The maximum Gasteiger partial charge on any atom is 0.357 e. The maximum atomic E-state index is 12.2. The van der Waals surface area contributed by atoms with E-state index in [-0.39, 0.29) is 24.8 Å². The fourth-order valence-corrected chi connectivity index (χ4v) is 2.82. The number of thiazole rings is 1. The lowest BCUT2D eigenvalue weighted by Crippen LogP contribution is -2.43. The van der Waals surface area contributed by atoms with Crippen LogP contribution in [0.25, 0.3) is 0 Å². The Hall–Kier alpha value is -2.61. The first-order valence-electron chi connectivity index (χ1n) is 7.45. The SMILES string of the molecule is CCOC(=O)c1csc(CNC(=O)C2COc3ccccc3O2)n1. The van der Waals surface area contributed by atoms with Crippen LogP contribution < -0.4 is 14.8 Å². The Morgan fingerprint density at radius 3 is 2.96 bits per heavy atom. The van der Waals surface area contributed by atoms with Crippen LogP contribution in [0.1, 0.15) is 22.4 Å². The van der Waals surface area contributed by atoms with Crippen molar-refractivity contribution in [1.29, 1.82) is 0 Å². The summed E-state index contributed by atoms with van der Waals surface area (Å²) >= 11 is 1.28. The van der Waals surface area contributed by atoms with Crippen molar-refractivity contribution in [3.8, 4) is 11.5 Å². The van der Waals surface area contributed by atoms with E-state index in [2.05, 4.69) is 10.3 Å². The number of aromatic nitrogens is 1. The second-order valence-corrected chi connectivity index (χ2v) is 5.87. The highest BCUT2D eigenvalue weighted by Crippen LogP contribution is 2.30. The zero-order chi connectivity index (χ0) is 16.9. The Morgan fingerprint density at radius 1 is 1.38 bits per heavy atom. The Morgan fingerprint density at radius 2 is 2.17 bits per heavy atom. The third-order valence-corrected chi connectivity index (χ3v) is 4.10. The van der Waals surface area contributed by atoms with Gasteiger partial charge in [-0.3, -0.25) is 4.79 Å². The molecule has 2 heterocycles. The summed E-state index contributed by atoms with van der Waals surface area (Å²) in [7, 11) is 0. The number of carbonyl (C=O) groups is 2. The van der Waals surface area contributed by atoms with Crippen LogP contribution in [-0.4, -0.2) is 36.2 Å². The molecule has 1 atom stereocenters. The van der Waals surface area contributed by atoms with Gasteiger partial charge in [0, 0.05) is 5.38 Å². The molecule has 1 amide bonds. The number of hydrogen-bond donors (Lipinski definition) is 1. The molecule has 8 heteroatoms. The van der Waals surface area contributed by atoms with E-state index in [0.29, 0.717) is 23.1 Å². The standard InChI is InChI=1S/C16H16N2O5S/c1-2-21-16(20)10-9-24-14(18-10)7-17-15(19)13-8-22-11-5-3-4-6-12(11)23-13/h3-6,9,13H,2,7-8H2,1H3,(H,17,19). The summed E-state index contributed by atoms with van der Waals surface area (Å²) in [4.78, 5) is 27.9. The number of hydrogen-bond acceptors (Lipinski definition) is 7. The lowest BCUT2D eigenvalue weighted by atomic mass is 10.2. The minimum absolute atomic E-state index is 0.148. The van der Waals surface area contributed by atoms with Gasteiger partial charge in [0.25, 0.3) is 5.91 Å². The fraction of sp³-hybridized carbons (Fsp3) is 0.312. The summed E-state index contributed by atoms with van der Waals surface area (Å²) in [5, 5.41) is 4.96. The molecule has 0 aliphatic carbocycles. The van der Waals surface area contributed by atoms with Gasteiger partial charge in [-0.25, -0.2) is 9.78 Å². The fourth-order valence-electron chi connectivity index (χ4n) is 2.12. The molecule has 2 aromatic rings. The van der Waals surface area contributed by atoms with E-state index < -0.39 is 12.1 Å². The molecule has 1 aliphatic heterocycles. The second-order valence-electron chi connectivity index (χ2n) is 4.93. The monoisotopic (exact) mass is 348 g/mol. The Bertz CT molecular complexity index is 746. The van der Waals surface area contributed by atoms with Crippen molar-refractivity contribution < 1.29 is 23.8 Å². The van der Waals surface area contributed by atoms with Crippen LogP contribution in [0.3, 0.4) is 0 Å². The Balaban J connectivity index is 1.54. The highest BCUT2D eigenvalue weighted by Gasteiger charge is 2.27. The molecule has 1 aliphatic rings. The van der Waals surface area contributed by atoms with E-state index in [9.17, 15) is 9.59 Å². The summed E-state index contributed by atoms with van der Waals surface area (Å²) in [5.41, 5.74) is 0.247. The zero-order valence-electron chi connectivity index (χ0n) is 13.0. The Kier molecular flexibility index (Phi) is 4.95. The molecule has 0 radical (unpaired) electrons. The molecule has 3 rings (SSSR count). The van der Waals surface area contributed by atoms with Crippen molar-refractivity contribution in [2.45, 2.75) is 19.6 Å². The third-order valence-electron chi connectivity index (χ3n) is 3.25. The molecule has 1 aromatic heterocycles. The molecule has 0 saturated heterocycles. The summed E-state index contributed by atoms with van der Waals surface area (Å²) in [5.74, 6) is 0.410. The topological polar surface area (TPSA) is 86.8 Å². The van der Waals surface area contributed by atoms with Gasteiger partial charge in [-0.1, -0.05) is 12.1 Å². The van der Waals surface area contributed by atoms with Gasteiger partial charge in [0.1, 0.15) is 11.6 Å². The van der Waals surface area contributed by atoms with Gasteiger partial charge in [-0.05, 0) is 19.1 Å². The number of esters is 1. The van der Waals surface area contributed by atoms with E-state index >= 15 is 0 Å². The molecular formula is C16H16N2O5S. The van der Waals surface area contributed by atoms with E-state index in [1.807, 2.05) is 12.1 Å². The van der Waals surface area contributed by atoms with Crippen LogP contribution in [0.2, 0.25) is 0 Å². The lowest BCUT2D eigenvalue weighted by molar-refractivity contribution is -0.130. The summed E-state index contributed by atoms with van der Waals surface area (Å²) in [6, 6.07) is 7.19. The van der Waals surface area contributed by atoms with Crippen molar-refractivity contribution in [2.24, 2.45) is 0 Å². The molecule has 0 fully saturated rings. The van der Waals surface area contributed by atoms with E-state index in [1.165, 1.54) is 11.3 Å². The van der Waals surface area contributed by atoms with Gasteiger partial charge in [-0.2, -0.15) is 0 Å². The summed E-state index contributed by atoms with van der Waals surface area (Å²) in [6.45, 7) is 2.39. The molecule has 1 unspecified atom stereocenters. The van der Waals surface area contributed by atoms with Gasteiger partial charge in [0.2, 0.25) is 6.10 Å². The van der Waals surface area contributed by atoms with Crippen molar-refractivity contribution >= 4 is 23.2 Å². The average Bonchev–Trinajstić information content (AvgIpc) is 3.08. The maximum absolute atomic E-state index is 12.2. The van der Waals surface area contributed by atoms with Gasteiger partial charge in [0.15, 0.2) is 17.2 Å². The summed E-state index contributed by atoms with van der Waals surface area (Å²) in [6.07, 6.45) is -0.718. The number of rotatable bonds is 5. The first-order valence-corrected chi connectivity index (χ1v) is 8.33. The number of para-hydroxylation sites is 2. The number of benzene rings is 1. The molecule has 1 aromatic carbocycles. The van der Waals surface area contributed by atoms with Gasteiger partial charge in [-0.15, -0.1) is 11.3 Å². The first kappa shape index (κ1) is 16.3. The number of fused-ring (bicyclic) bond motifs is 1. The molecule has 0 spiro atoms. The summed E-state index contributed by atoms with van der Waals surface area (Å²) < 4.78 is 16.0. The minimum atomic E-state index is -0.718. The van der Waals surface area contributed by atoms with Crippen molar-refractivity contribution in [1.82, 2.24) is 10.3 Å². The molecule has 0 saturated carbocycles. The van der Waals surface area contributed by atoms with Gasteiger partial charge >= 0.3 is 5.97 Å². The van der Waals surface area contributed by atoms with Crippen LogP contribution in [-0.2, 0) is 16.1 Å². The van der Waals surface area contributed by atoms with Crippen molar-refractivity contribution in [3.63, 3.8) is 0 Å². The average molecular weight is 348 g/mol. The Labute approximate surface area is 142 Å². The van der Waals surface area contributed by atoms with Crippen LogP contribution >= 0.6 is 11.3 Å². The normalized spacial score (nSPS) is 15.6. The number of nitrogens with one attached hydrogen (secondary N) is 1. The van der Waals surface area contributed by atoms with Gasteiger partial charge < -0.3 is 19.5 Å². The van der Waals surface area contributed by atoms with Crippen LogP contribution in [0.15, 0.2) is 29.6 Å². The van der Waals surface area contributed by atoms with E-state index in [1.54, 1.807) is 24.4 Å². The van der Waals surface area contributed by atoms with Crippen molar-refractivity contribution in [2.75, 3.05) is 13.2 Å². The minimum Gasteiger partial charge on any atom is -0.485 e. The van der Waals surface area contributed by atoms with Crippen LogP contribution in [0, 0.1) is 0 Å².